The lowest BCUT2D eigenvalue weighted by molar-refractivity contribution is 0.0374. The van der Waals surface area contributed by atoms with Crippen LogP contribution in [0.15, 0.2) is 42.5 Å². The Hall–Kier alpha value is -2.37. The largest absolute Gasteiger partial charge is 0.379 e. The molecule has 27 heavy (non-hydrogen) atoms. The summed E-state index contributed by atoms with van der Waals surface area (Å²) in [5, 5.41) is 5.42. The van der Waals surface area contributed by atoms with Crippen LogP contribution in [-0.4, -0.2) is 54.8 Å². The highest BCUT2D eigenvalue weighted by Crippen LogP contribution is 2.29. The van der Waals surface area contributed by atoms with Gasteiger partial charge in [-0.05, 0) is 44.2 Å². The number of benzene rings is 2. The molecule has 1 amide bonds. The predicted molar refractivity (Wildman–Crippen MR) is 109 cm³/mol. The summed E-state index contributed by atoms with van der Waals surface area (Å²) in [6, 6.07) is 14.4. The number of ether oxygens (including phenoxy) is 1. The molecule has 1 aromatic heterocycles. The maximum absolute atomic E-state index is 12.6. The summed E-state index contributed by atoms with van der Waals surface area (Å²) in [7, 11) is 0. The third kappa shape index (κ3) is 3.70. The van der Waals surface area contributed by atoms with E-state index in [0.29, 0.717) is 6.54 Å². The van der Waals surface area contributed by atoms with Crippen molar-refractivity contribution in [1.29, 1.82) is 0 Å². The van der Waals surface area contributed by atoms with E-state index in [1.165, 1.54) is 16.4 Å². The molecule has 2 heterocycles. The number of hydrogen-bond acceptors (Lipinski definition) is 3. The third-order valence-corrected chi connectivity index (χ3v) is 5.39. The third-order valence-electron chi connectivity index (χ3n) is 5.39. The number of nitrogens with one attached hydrogen (secondary N) is 1. The zero-order valence-corrected chi connectivity index (χ0v) is 15.9. The number of hydrogen-bond donors (Lipinski definition) is 1. The van der Waals surface area contributed by atoms with Gasteiger partial charge < -0.3 is 14.6 Å². The van der Waals surface area contributed by atoms with Crippen LogP contribution in [-0.2, 0) is 11.3 Å². The minimum atomic E-state index is 0.00667. The number of fused-ring (bicyclic) bond motifs is 3. The molecule has 0 saturated carbocycles. The van der Waals surface area contributed by atoms with Crippen LogP contribution in [0.2, 0.25) is 0 Å². The molecule has 0 radical (unpaired) electrons. The number of nitrogens with zero attached hydrogens (tertiary/aromatic N) is 2. The van der Waals surface area contributed by atoms with Crippen molar-refractivity contribution in [2.45, 2.75) is 19.9 Å². The number of carbonyl (C=O) groups excluding carboxylic acids is 1. The fraction of sp³-hybridized carbons (Fsp3) is 0.409. The lowest BCUT2D eigenvalue weighted by Gasteiger charge is -2.26. The van der Waals surface area contributed by atoms with Crippen LogP contribution in [0, 0.1) is 0 Å². The first-order chi connectivity index (χ1) is 13.3. The fourth-order valence-electron chi connectivity index (χ4n) is 3.97. The SMILES string of the molecule is CCn1c2ccccc2c2cc(C(=O)NCCCN3CCOCC3)ccc21. The van der Waals surface area contributed by atoms with Gasteiger partial charge in [0.25, 0.3) is 5.91 Å². The average Bonchev–Trinajstić information content (AvgIpc) is 3.05. The topological polar surface area (TPSA) is 46.5 Å². The smallest absolute Gasteiger partial charge is 0.251 e. The summed E-state index contributed by atoms with van der Waals surface area (Å²) in [4.78, 5) is 15.0. The van der Waals surface area contributed by atoms with Crippen LogP contribution >= 0.6 is 0 Å². The van der Waals surface area contributed by atoms with Crippen molar-refractivity contribution < 1.29 is 9.53 Å². The first-order valence-corrected chi connectivity index (χ1v) is 9.87. The molecule has 4 rings (SSSR count). The maximum atomic E-state index is 12.6. The number of amides is 1. The van der Waals surface area contributed by atoms with Gasteiger partial charge in [-0.1, -0.05) is 18.2 Å². The monoisotopic (exact) mass is 365 g/mol. The Morgan fingerprint density at radius 3 is 2.67 bits per heavy atom. The number of aromatic nitrogens is 1. The molecular formula is C22H27N3O2. The van der Waals surface area contributed by atoms with Gasteiger partial charge in [0, 0.05) is 53.5 Å². The molecule has 1 aliphatic rings. The quantitative estimate of drug-likeness (QED) is 0.682. The second kappa shape index (κ2) is 8.11. The second-order valence-corrected chi connectivity index (χ2v) is 7.06. The lowest BCUT2D eigenvalue weighted by Crippen LogP contribution is -2.38. The number of carbonyl (C=O) groups is 1. The van der Waals surface area contributed by atoms with Crippen molar-refractivity contribution in [3.63, 3.8) is 0 Å². The maximum Gasteiger partial charge on any atom is 0.251 e. The van der Waals surface area contributed by atoms with Gasteiger partial charge in [-0.2, -0.15) is 0 Å². The van der Waals surface area contributed by atoms with Crippen molar-refractivity contribution in [2.24, 2.45) is 0 Å². The molecule has 0 unspecified atom stereocenters. The highest BCUT2D eigenvalue weighted by Gasteiger charge is 2.13. The first kappa shape index (κ1) is 18.0. The van der Waals surface area contributed by atoms with Crippen molar-refractivity contribution >= 4 is 27.7 Å². The molecule has 5 heteroatoms. The van der Waals surface area contributed by atoms with E-state index in [-0.39, 0.29) is 5.91 Å². The van der Waals surface area contributed by atoms with Crippen molar-refractivity contribution in [2.75, 3.05) is 39.4 Å². The zero-order chi connectivity index (χ0) is 18.6. The number of para-hydroxylation sites is 1. The lowest BCUT2D eigenvalue weighted by atomic mass is 10.1. The molecular weight excluding hydrogens is 338 g/mol. The van der Waals surface area contributed by atoms with E-state index in [2.05, 4.69) is 52.0 Å². The molecule has 0 spiro atoms. The van der Waals surface area contributed by atoms with E-state index in [1.807, 2.05) is 12.1 Å². The van der Waals surface area contributed by atoms with Gasteiger partial charge in [0.1, 0.15) is 0 Å². The molecule has 1 fully saturated rings. The summed E-state index contributed by atoms with van der Waals surface area (Å²) in [5.74, 6) is 0.00667. The molecule has 0 bridgehead atoms. The average molecular weight is 365 g/mol. The summed E-state index contributed by atoms with van der Waals surface area (Å²) in [6.07, 6.45) is 0.961. The Labute approximate surface area is 159 Å². The van der Waals surface area contributed by atoms with Crippen LogP contribution in [0.4, 0.5) is 0 Å². The number of morpholine rings is 1. The molecule has 1 aliphatic heterocycles. The molecule has 5 nitrogen and oxygen atoms in total. The molecule has 0 atom stereocenters. The Kier molecular flexibility index (Phi) is 5.41. The fourth-order valence-corrected chi connectivity index (χ4v) is 3.97. The van der Waals surface area contributed by atoms with E-state index in [0.717, 1.165) is 56.8 Å². The van der Waals surface area contributed by atoms with Crippen molar-refractivity contribution in [3.8, 4) is 0 Å². The Balaban J connectivity index is 1.45. The van der Waals surface area contributed by atoms with E-state index in [1.54, 1.807) is 0 Å². The Bertz CT molecular complexity index is 941. The van der Waals surface area contributed by atoms with E-state index >= 15 is 0 Å². The van der Waals surface area contributed by atoms with Crippen molar-refractivity contribution in [1.82, 2.24) is 14.8 Å². The van der Waals surface area contributed by atoms with Gasteiger partial charge >= 0.3 is 0 Å². The van der Waals surface area contributed by atoms with Gasteiger partial charge in [-0.25, -0.2) is 0 Å². The summed E-state index contributed by atoms with van der Waals surface area (Å²) in [6.45, 7) is 8.39. The molecule has 0 aliphatic carbocycles. The number of aryl methyl sites for hydroxylation is 1. The highest BCUT2D eigenvalue weighted by atomic mass is 16.5. The first-order valence-electron chi connectivity index (χ1n) is 9.87. The summed E-state index contributed by atoms with van der Waals surface area (Å²) in [5.41, 5.74) is 3.13. The van der Waals surface area contributed by atoms with Crippen molar-refractivity contribution in [3.05, 3.63) is 48.0 Å². The molecule has 3 aromatic rings. The molecule has 142 valence electrons. The number of rotatable bonds is 6. The molecule has 2 aromatic carbocycles. The Morgan fingerprint density at radius 2 is 1.85 bits per heavy atom. The summed E-state index contributed by atoms with van der Waals surface area (Å²) < 4.78 is 7.66. The molecule has 1 saturated heterocycles. The predicted octanol–water partition coefficient (Wildman–Crippen LogP) is 3.27. The van der Waals surface area contributed by atoms with Crippen LogP contribution in [0.25, 0.3) is 21.8 Å². The van der Waals surface area contributed by atoms with Crippen LogP contribution in [0.3, 0.4) is 0 Å². The second-order valence-electron chi connectivity index (χ2n) is 7.06. The normalized spacial score (nSPS) is 15.4. The van der Waals surface area contributed by atoms with Crippen LogP contribution < -0.4 is 5.32 Å². The van der Waals surface area contributed by atoms with Gasteiger partial charge in [0.05, 0.1) is 13.2 Å². The van der Waals surface area contributed by atoms with E-state index in [9.17, 15) is 4.79 Å². The van der Waals surface area contributed by atoms with E-state index in [4.69, 9.17) is 4.74 Å². The minimum Gasteiger partial charge on any atom is -0.379 e. The van der Waals surface area contributed by atoms with Gasteiger partial charge in [-0.3, -0.25) is 9.69 Å². The Morgan fingerprint density at radius 1 is 1.07 bits per heavy atom. The summed E-state index contributed by atoms with van der Waals surface area (Å²) >= 11 is 0. The van der Waals surface area contributed by atoms with Gasteiger partial charge in [-0.15, -0.1) is 0 Å². The van der Waals surface area contributed by atoms with Crippen LogP contribution in [0.1, 0.15) is 23.7 Å². The van der Waals surface area contributed by atoms with Gasteiger partial charge in [0.15, 0.2) is 0 Å². The standard InChI is InChI=1S/C22H27N3O2/c1-2-25-20-7-4-3-6-18(20)19-16-17(8-9-21(19)25)22(26)23-10-5-11-24-12-14-27-15-13-24/h3-4,6-9,16H,2,5,10-15H2,1H3,(H,23,26). The van der Waals surface area contributed by atoms with Crippen LogP contribution in [0.5, 0.6) is 0 Å². The highest BCUT2D eigenvalue weighted by molar-refractivity contribution is 6.10. The molecule has 1 N–H and O–H groups in total. The minimum absolute atomic E-state index is 0.00667. The van der Waals surface area contributed by atoms with E-state index < -0.39 is 0 Å². The zero-order valence-electron chi connectivity index (χ0n) is 15.9. The van der Waals surface area contributed by atoms with Gasteiger partial charge in [0.2, 0.25) is 0 Å².